The third kappa shape index (κ3) is 4.48. The molecule has 3 aromatic carbocycles. The first-order valence-corrected chi connectivity index (χ1v) is 10.6. The highest BCUT2D eigenvalue weighted by Crippen LogP contribution is 2.38. The van der Waals surface area contributed by atoms with Crippen LogP contribution in [0.4, 0.5) is 5.69 Å². The van der Waals surface area contributed by atoms with E-state index < -0.39 is 0 Å². The molecule has 7 nitrogen and oxygen atoms in total. The number of hydrogen-bond acceptors (Lipinski definition) is 5. The quantitative estimate of drug-likeness (QED) is 0.597. The lowest BCUT2D eigenvalue weighted by Crippen LogP contribution is -2.28. The molecule has 2 amide bonds. The number of nitrogens with zero attached hydrogens (tertiary/aromatic N) is 1. The molecule has 1 aliphatic rings. The van der Waals surface area contributed by atoms with Crippen molar-refractivity contribution in [1.29, 1.82) is 0 Å². The second-order valence-electron chi connectivity index (χ2n) is 7.63. The summed E-state index contributed by atoms with van der Waals surface area (Å²) in [6.45, 7) is 1.00. The van der Waals surface area contributed by atoms with Gasteiger partial charge in [0, 0.05) is 29.9 Å². The summed E-state index contributed by atoms with van der Waals surface area (Å²) in [5, 5.41) is 2.89. The largest absolute Gasteiger partial charge is 0.493 e. The highest BCUT2D eigenvalue weighted by Gasteiger charge is 2.25. The third-order valence-corrected chi connectivity index (χ3v) is 5.71. The molecule has 0 aromatic heterocycles. The second-order valence-corrected chi connectivity index (χ2v) is 7.63. The van der Waals surface area contributed by atoms with E-state index in [2.05, 4.69) is 11.4 Å². The van der Waals surface area contributed by atoms with Gasteiger partial charge in [0.25, 0.3) is 11.8 Å². The summed E-state index contributed by atoms with van der Waals surface area (Å²) in [5.74, 6) is 0.954. The summed E-state index contributed by atoms with van der Waals surface area (Å²) >= 11 is 0. The number of para-hydroxylation sites is 1. The number of carbonyl (C=O) groups excluding carboxylic acids is 2. The van der Waals surface area contributed by atoms with Crippen LogP contribution in [-0.2, 0) is 13.0 Å². The first kappa shape index (κ1) is 22.2. The molecule has 0 bridgehead atoms. The predicted octanol–water partition coefficient (Wildman–Crippen LogP) is 3.85. The Kier molecular flexibility index (Phi) is 6.49. The van der Waals surface area contributed by atoms with Gasteiger partial charge in [-0.3, -0.25) is 9.59 Å². The monoisotopic (exact) mass is 446 g/mol. The van der Waals surface area contributed by atoms with Crippen molar-refractivity contribution in [1.82, 2.24) is 5.32 Å². The van der Waals surface area contributed by atoms with Gasteiger partial charge in [0.05, 0.1) is 21.3 Å². The Morgan fingerprint density at radius 1 is 0.879 bits per heavy atom. The molecule has 0 aliphatic carbocycles. The Balaban J connectivity index is 1.42. The van der Waals surface area contributed by atoms with E-state index >= 15 is 0 Å². The fourth-order valence-corrected chi connectivity index (χ4v) is 3.97. The lowest BCUT2D eigenvalue weighted by molar-refractivity contribution is 0.0948. The first-order chi connectivity index (χ1) is 16.0. The van der Waals surface area contributed by atoms with Gasteiger partial charge in [0.2, 0.25) is 5.75 Å². The zero-order chi connectivity index (χ0) is 23.4. The molecule has 33 heavy (non-hydrogen) atoms. The maximum absolute atomic E-state index is 13.0. The number of ether oxygens (including phenoxy) is 3. The first-order valence-electron chi connectivity index (χ1n) is 10.6. The third-order valence-electron chi connectivity index (χ3n) is 5.71. The van der Waals surface area contributed by atoms with Crippen LogP contribution < -0.4 is 24.4 Å². The number of methoxy groups -OCH3 is 3. The van der Waals surface area contributed by atoms with Crippen molar-refractivity contribution < 1.29 is 23.8 Å². The fraction of sp³-hybridized carbons (Fsp3) is 0.231. The van der Waals surface area contributed by atoms with Crippen LogP contribution in [-0.4, -0.2) is 39.7 Å². The van der Waals surface area contributed by atoms with Crippen molar-refractivity contribution in [2.75, 3.05) is 32.8 Å². The normalized spacial score (nSPS) is 12.2. The van der Waals surface area contributed by atoms with E-state index in [9.17, 15) is 9.59 Å². The van der Waals surface area contributed by atoms with Crippen LogP contribution in [0.3, 0.4) is 0 Å². The molecule has 0 saturated carbocycles. The summed E-state index contributed by atoms with van der Waals surface area (Å²) in [5.41, 5.74) is 4.06. The molecule has 0 fully saturated rings. The van der Waals surface area contributed by atoms with Crippen LogP contribution in [0, 0.1) is 0 Å². The molecule has 170 valence electrons. The number of rotatable bonds is 7. The molecule has 4 rings (SSSR count). The van der Waals surface area contributed by atoms with Crippen LogP contribution in [0.15, 0.2) is 60.7 Å². The Hall–Kier alpha value is -4.00. The molecule has 1 heterocycles. The Morgan fingerprint density at radius 3 is 2.18 bits per heavy atom. The molecule has 1 N–H and O–H groups in total. The smallest absolute Gasteiger partial charge is 0.258 e. The van der Waals surface area contributed by atoms with Gasteiger partial charge < -0.3 is 24.4 Å². The number of amides is 2. The molecule has 0 radical (unpaired) electrons. The van der Waals surface area contributed by atoms with Crippen molar-refractivity contribution in [2.45, 2.75) is 13.0 Å². The number of benzene rings is 3. The molecule has 7 heteroatoms. The average molecular weight is 447 g/mol. The number of fused-ring (bicyclic) bond motifs is 1. The zero-order valence-corrected chi connectivity index (χ0v) is 18.9. The summed E-state index contributed by atoms with van der Waals surface area (Å²) in [4.78, 5) is 27.5. The topological polar surface area (TPSA) is 77.1 Å². The van der Waals surface area contributed by atoms with Gasteiger partial charge in [0.15, 0.2) is 11.5 Å². The lowest BCUT2D eigenvalue weighted by Gasteiger charge is -2.17. The van der Waals surface area contributed by atoms with Crippen molar-refractivity contribution in [3.05, 3.63) is 82.9 Å². The van der Waals surface area contributed by atoms with Gasteiger partial charge in [-0.1, -0.05) is 30.3 Å². The summed E-state index contributed by atoms with van der Waals surface area (Å²) in [6.07, 6.45) is 0.868. The maximum Gasteiger partial charge on any atom is 0.258 e. The Bertz CT molecular complexity index is 1150. The van der Waals surface area contributed by atoms with E-state index in [0.717, 1.165) is 17.7 Å². The van der Waals surface area contributed by atoms with Crippen molar-refractivity contribution in [2.24, 2.45) is 0 Å². The fourth-order valence-electron chi connectivity index (χ4n) is 3.97. The van der Waals surface area contributed by atoms with Crippen molar-refractivity contribution >= 4 is 17.5 Å². The van der Waals surface area contributed by atoms with Crippen LogP contribution in [0.5, 0.6) is 17.2 Å². The van der Waals surface area contributed by atoms with Gasteiger partial charge in [-0.25, -0.2) is 0 Å². The van der Waals surface area contributed by atoms with Crippen molar-refractivity contribution in [3.8, 4) is 17.2 Å². The van der Waals surface area contributed by atoms with Gasteiger partial charge >= 0.3 is 0 Å². The molecular formula is C26H26N2O5. The standard InChI is InChI=1S/C26H26N2O5/c1-31-22-14-20(15-23(32-2)24(22)33-3)25(29)27-16-17-8-10-19(11-9-17)26(30)28-13-12-18-6-4-5-7-21(18)28/h4-11,14-15H,12-13,16H2,1-3H3,(H,27,29). The van der Waals surface area contributed by atoms with Crippen LogP contribution in [0.2, 0.25) is 0 Å². The lowest BCUT2D eigenvalue weighted by atomic mass is 10.1. The highest BCUT2D eigenvalue weighted by molar-refractivity contribution is 6.07. The molecule has 0 spiro atoms. The molecule has 3 aromatic rings. The Labute approximate surface area is 192 Å². The zero-order valence-electron chi connectivity index (χ0n) is 18.9. The summed E-state index contributed by atoms with van der Waals surface area (Å²) < 4.78 is 15.9. The van der Waals surface area contributed by atoms with E-state index in [-0.39, 0.29) is 11.8 Å². The molecule has 0 atom stereocenters. The van der Waals surface area contributed by atoms with Crippen LogP contribution in [0.25, 0.3) is 0 Å². The van der Waals surface area contributed by atoms with Gasteiger partial charge in [-0.2, -0.15) is 0 Å². The molecule has 0 unspecified atom stereocenters. The number of carbonyl (C=O) groups is 2. The summed E-state index contributed by atoms with van der Waals surface area (Å²) in [6, 6.07) is 18.5. The second kappa shape index (κ2) is 9.65. The SMILES string of the molecule is COc1cc(C(=O)NCc2ccc(C(=O)N3CCc4ccccc43)cc2)cc(OC)c1OC. The van der Waals surface area contributed by atoms with E-state index in [1.54, 1.807) is 24.3 Å². The molecule has 1 aliphatic heterocycles. The predicted molar refractivity (Wildman–Crippen MR) is 126 cm³/mol. The van der Waals surface area contributed by atoms with Crippen LogP contribution in [0.1, 0.15) is 31.8 Å². The average Bonchev–Trinajstić information content (AvgIpc) is 3.30. The van der Waals surface area contributed by atoms with Crippen molar-refractivity contribution in [3.63, 3.8) is 0 Å². The van der Waals surface area contributed by atoms with Gasteiger partial charge in [0.1, 0.15) is 0 Å². The van der Waals surface area contributed by atoms with Crippen LogP contribution >= 0.6 is 0 Å². The number of nitrogens with one attached hydrogen (secondary N) is 1. The van der Waals surface area contributed by atoms with E-state index in [4.69, 9.17) is 14.2 Å². The van der Waals surface area contributed by atoms with E-state index in [1.807, 2.05) is 35.2 Å². The Morgan fingerprint density at radius 2 is 1.55 bits per heavy atom. The number of hydrogen-bond donors (Lipinski definition) is 1. The van der Waals surface area contributed by atoms with Gasteiger partial charge in [-0.15, -0.1) is 0 Å². The van der Waals surface area contributed by atoms with E-state index in [1.165, 1.54) is 26.9 Å². The van der Waals surface area contributed by atoms with E-state index in [0.29, 0.717) is 41.5 Å². The molecular weight excluding hydrogens is 420 g/mol. The minimum atomic E-state index is -0.275. The summed E-state index contributed by atoms with van der Waals surface area (Å²) in [7, 11) is 4.52. The highest BCUT2D eigenvalue weighted by atomic mass is 16.5. The maximum atomic E-state index is 13.0. The number of anilines is 1. The minimum Gasteiger partial charge on any atom is -0.493 e. The minimum absolute atomic E-state index is 0.0204. The molecule has 0 saturated heterocycles. The van der Waals surface area contributed by atoms with Gasteiger partial charge in [-0.05, 0) is 47.9 Å².